The van der Waals surface area contributed by atoms with E-state index in [0.29, 0.717) is 13.0 Å². The summed E-state index contributed by atoms with van der Waals surface area (Å²) in [6.45, 7) is 5.39. The summed E-state index contributed by atoms with van der Waals surface area (Å²) in [5, 5.41) is -0.0417. The van der Waals surface area contributed by atoms with Gasteiger partial charge in [0, 0.05) is 18.7 Å². The molecule has 0 aromatic rings. The quantitative estimate of drug-likeness (QED) is 0.560. The Morgan fingerprint density at radius 2 is 2.29 bits per heavy atom. The second kappa shape index (κ2) is 6.44. The highest BCUT2D eigenvalue weighted by Gasteiger charge is 2.36. The zero-order valence-corrected chi connectivity index (χ0v) is 10.4. The number of carbonyl (C=O) groups excluding carboxylic acids is 3. The van der Waals surface area contributed by atoms with E-state index < -0.39 is 12.1 Å². The van der Waals surface area contributed by atoms with E-state index in [1.807, 2.05) is 0 Å². The summed E-state index contributed by atoms with van der Waals surface area (Å²) in [4.78, 5) is 34.8. The smallest absolute Gasteiger partial charge is 0.410 e. The number of nitrogens with zero attached hydrogens (tertiary/aromatic N) is 1. The van der Waals surface area contributed by atoms with Gasteiger partial charge >= 0.3 is 6.09 Å². The highest BCUT2D eigenvalue weighted by atomic mass is 32.2. The molecular formula is C11H15NO4S. The molecule has 0 aliphatic carbocycles. The third kappa shape index (κ3) is 3.89. The second-order valence-corrected chi connectivity index (χ2v) is 5.17. The minimum absolute atomic E-state index is 0.0130. The largest absolute Gasteiger partial charge is 0.445 e. The van der Waals surface area contributed by atoms with Crippen molar-refractivity contribution in [1.82, 2.24) is 4.90 Å². The minimum Gasteiger partial charge on any atom is -0.445 e. The predicted molar refractivity (Wildman–Crippen MR) is 64.8 cm³/mol. The van der Waals surface area contributed by atoms with Crippen molar-refractivity contribution in [1.29, 1.82) is 0 Å². The van der Waals surface area contributed by atoms with Gasteiger partial charge in [-0.15, -0.1) is 0 Å². The molecule has 1 aliphatic heterocycles. The van der Waals surface area contributed by atoms with E-state index in [-0.39, 0.29) is 17.0 Å². The molecule has 17 heavy (non-hydrogen) atoms. The van der Waals surface area contributed by atoms with Crippen LogP contribution in [0.2, 0.25) is 0 Å². The maximum atomic E-state index is 11.6. The van der Waals surface area contributed by atoms with E-state index in [1.165, 1.54) is 17.9 Å². The normalized spacial score (nSPS) is 23.2. The van der Waals surface area contributed by atoms with Crippen molar-refractivity contribution in [2.24, 2.45) is 0 Å². The molecule has 0 saturated carbocycles. The number of carbonyl (C=O) groups is 3. The van der Waals surface area contributed by atoms with Crippen LogP contribution >= 0.6 is 11.8 Å². The zero-order valence-electron chi connectivity index (χ0n) is 9.63. The molecule has 0 unspecified atom stereocenters. The van der Waals surface area contributed by atoms with Crippen LogP contribution in [0.5, 0.6) is 0 Å². The fourth-order valence-corrected chi connectivity index (χ4v) is 2.70. The van der Waals surface area contributed by atoms with Gasteiger partial charge in [0.05, 0.1) is 6.04 Å². The monoisotopic (exact) mass is 257 g/mol. The molecule has 0 aromatic carbocycles. The third-order valence-electron chi connectivity index (χ3n) is 2.35. The summed E-state index contributed by atoms with van der Waals surface area (Å²) in [7, 11) is 0. The highest BCUT2D eigenvalue weighted by Crippen LogP contribution is 2.27. The molecule has 0 N–H and O–H groups in total. The molecule has 1 fully saturated rings. The summed E-state index contributed by atoms with van der Waals surface area (Å²) in [6.07, 6.45) is 2.15. The molecule has 1 heterocycles. The fourth-order valence-electron chi connectivity index (χ4n) is 1.70. The van der Waals surface area contributed by atoms with E-state index in [4.69, 9.17) is 4.74 Å². The van der Waals surface area contributed by atoms with E-state index in [0.717, 1.165) is 18.0 Å². The Kier molecular flexibility index (Phi) is 5.21. The second-order valence-electron chi connectivity index (χ2n) is 3.69. The van der Waals surface area contributed by atoms with Crippen LogP contribution in [0.3, 0.4) is 0 Å². The number of likely N-dealkylation sites (tertiary alicyclic amines) is 1. The molecule has 1 amide bonds. The Morgan fingerprint density at radius 1 is 1.59 bits per heavy atom. The van der Waals surface area contributed by atoms with E-state index in [2.05, 4.69) is 6.58 Å². The summed E-state index contributed by atoms with van der Waals surface area (Å²) >= 11 is 1.16. The topological polar surface area (TPSA) is 63.7 Å². The molecule has 6 heteroatoms. The lowest BCUT2D eigenvalue weighted by atomic mass is 10.2. The van der Waals surface area contributed by atoms with E-state index in [9.17, 15) is 14.4 Å². The lowest BCUT2D eigenvalue weighted by Gasteiger charge is -2.19. The van der Waals surface area contributed by atoms with Crippen molar-refractivity contribution in [3.63, 3.8) is 0 Å². The first-order valence-electron chi connectivity index (χ1n) is 5.25. The van der Waals surface area contributed by atoms with Gasteiger partial charge in [-0.1, -0.05) is 24.4 Å². The van der Waals surface area contributed by atoms with Crippen LogP contribution in [0, 0.1) is 0 Å². The van der Waals surface area contributed by atoms with Crippen LogP contribution in [0.25, 0.3) is 0 Å². The number of ether oxygens (including phenoxy) is 1. The van der Waals surface area contributed by atoms with Crippen molar-refractivity contribution in [2.45, 2.75) is 24.6 Å². The molecule has 2 atom stereocenters. The molecule has 0 aromatic heterocycles. The number of rotatable bonds is 4. The molecule has 1 saturated heterocycles. The summed E-state index contributed by atoms with van der Waals surface area (Å²) in [5.74, 6) is 0. The molecule has 0 spiro atoms. The molecular weight excluding hydrogens is 242 g/mol. The van der Waals surface area contributed by atoms with Gasteiger partial charge in [0.15, 0.2) is 5.12 Å². The van der Waals surface area contributed by atoms with Crippen molar-refractivity contribution < 1.29 is 19.1 Å². The standard InChI is InChI=1S/C11H15NO4S/c1-3-4-16-11(15)12-6-10(17-8(2)14)5-9(12)7-13/h3,7,9-10H,1,4-6H2,2H3/t9-,10-/m0/s1. The predicted octanol–water partition coefficient (Wildman–Crippen LogP) is 1.23. The summed E-state index contributed by atoms with van der Waals surface area (Å²) in [5.41, 5.74) is 0. The number of thioether (sulfide) groups is 1. The SMILES string of the molecule is C=CCOC(=O)N1C[C@@H](SC(C)=O)C[C@H]1C=O. The molecule has 5 nitrogen and oxygen atoms in total. The van der Waals surface area contributed by atoms with Crippen LogP contribution in [0.1, 0.15) is 13.3 Å². The molecule has 0 bridgehead atoms. The molecule has 1 rings (SSSR count). The van der Waals surface area contributed by atoms with E-state index in [1.54, 1.807) is 0 Å². The number of hydrogen-bond donors (Lipinski definition) is 0. The maximum Gasteiger partial charge on any atom is 0.410 e. The van der Waals surface area contributed by atoms with Gasteiger partial charge in [-0.05, 0) is 6.42 Å². The van der Waals surface area contributed by atoms with Crippen LogP contribution in [-0.2, 0) is 14.3 Å². The average molecular weight is 257 g/mol. The van der Waals surface area contributed by atoms with Crippen LogP contribution in [0.15, 0.2) is 12.7 Å². The van der Waals surface area contributed by atoms with Gasteiger partial charge in [0.25, 0.3) is 0 Å². The number of amides is 1. The van der Waals surface area contributed by atoms with Crippen molar-refractivity contribution in [3.05, 3.63) is 12.7 Å². The summed E-state index contributed by atoms with van der Waals surface area (Å²) < 4.78 is 4.88. The Labute approximate surface area is 104 Å². The average Bonchev–Trinajstić information content (AvgIpc) is 2.68. The highest BCUT2D eigenvalue weighted by molar-refractivity contribution is 8.14. The number of hydrogen-bond acceptors (Lipinski definition) is 5. The molecule has 94 valence electrons. The first kappa shape index (κ1) is 13.8. The first-order chi connectivity index (χ1) is 8.08. The Hall–Kier alpha value is -1.30. The molecule has 1 aliphatic rings. The number of aldehydes is 1. The van der Waals surface area contributed by atoms with Crippen molar-refractivity contribution >= 4 is 29.3 Å². The lowest BCUT2D eigenvalue weighted by Crippen LogP contribution is -2.37. The van der Waals surface area contributed by atoms with E-state index >= 15 is 0 Å². The van der Waals surface area contributed by atoms with Gasteiger partial charge in [-0.3, -0.25) is 9.69 Å². The van der Waals surface area contributed by atoms with Crippen molar-refractivity contribution in [3.8, 4) is 0 Å². The van der Waals surface area contributed by atoms with Crippen LogP contribution < -0.4 is 0 Å². The fraction of sp³-hybridized carbons (Fsp3) is 0.545. The zero-order chi connectivity index (χ0) is 12.8. The first-order valence-corrected chi connectivity index (χ1v) is 6.13. The third-order valence-corrected chi connectivity index (χ3v) is 3.36. The van der Waals surface area contributed by atoms with Gasteiger partial charge in [-0.25, -0.2) is 4.79 Å². The van der Waals surface area contributed by atoms with Crippen LogP contribution in [0.4, 0.5) is 4.79 Å². The van der Waals surface area contributed by atoms with Gasteiger partial charge in [-0.2, -0.15) is 0 Å². The van der Waals surface area contributed by atoms with Gasteiger partial charge in [0.2, 0.25) is 0 Å². The van der Waals surface area contributed by atoms with Gasteiger partial charge in [0.1, 0.15) is 12.9 Å². The lowest BCUT2D eigenvalue weighted by molar-refractivity contribution is -0.111. The van der Waals surface area contributed by atoms with Gasteiger partial charge < -0.3 is 9.53 Å². The van der Waals surface area contributed by atoms with Crippen molar-refractivity contribution in [2.75, 3.05) is 13.2 Å². The Balaban J connectivity index is 2.58. The Bertz CT molecular complexity index is 331. The van der Waals surface area contributed by atoms with Crippen LogP contribution in [-0.4, -0.2) is 46.8 Å². The maximum absolute atomic E-state index is 11.6. The molecule has 0 radical (unpaired) electrons. The Morgan fingerprint density at radius 3 is 2.82 bits per heavy atom. The summed E-state index contributed by atoms with van der Waals surface area (Å²) in [6, 6.07) is -0.496. The minimum atomic E-state index is -0.534.